The van der Waals surface area contributed by atoms with Gasteiger partial charge in [0.25, 0.3) is 11.2 Å². The van der Waals surface area contributed by atoms with E-state index in [1.165, 1.54) is 12.1 Å². The summed E-state index contributed by atoms with van der Waals surface area (Å²) in [7, 11) is 0. The van der Waals surface area contributed by atoms with E-state index in [1.54, 1.807) is 22.9 Å². The average molecular weight is 555 g/mol. The van der Waals surface area contributed by atoms with Crippen LogP contribution in [0.4, 0.5) is 5.69 Å². The lowest BCUT2D eigenvalue weighted by molar-refractivity contribution is -0.384. The number of benzene rings is 2. The van der Waals surface area contributed by atoms with E-state index in [1.807, 2.05) is 37.3 Å². The highest BCUT2D eigenvalue weighted by atomic mass is 16.6. The SMILES string of the molecule is CCC1(CO)CC(=O)OCc2c1cc1n(c2=O)Cc2c-1nc1ccccc1c2/C=N/OCc1ccc([N+](=O)[O-])cc1. The van der Waals surface area contributed by atoms with E-state index in [-0.39, 0.29) is 44.0 Å². The predicted molar refractivity (Wildman–Crippen MR) is 149 cm³/mol. The first-order valence-electron chi connectivity index (χ1n) is 13.2. The molecule has 6 rings (SSSR count). The number of pyridine rings is 2. The molecule has 2 aromatic carbocycles. The van der Waals surface area contributed by atoms with Crippen molar-refractivity contribution in [2.24, 2.45) is 5.16 Å². The van der Waals surface area contributed by atoms with E-state index >= 15 is 0 Å². The number of carbonyl (C=O) groups excluding carboxylic acids is 1. The number of nitro benzene ring substituents is 1. The maximum absolute atomic E-state index is 13.8. The zero-order valence-corrected chi connectivity index (χ0v) is 22.2. The molecule has 11 heteroatoms. The number of cyclic esters (lactones) is 1. The molecule has 0 spiro atoms. The molecular formula is C30H26N4O7. The van der Waals surface area contributed by atoms with Gasteiger partial charge in [-0.15, -0.1) is 0 Å². The molecule has 0 bridgehead atoms. The summed E-state index contributed by atoms with van der Waals surface area (Å²) < 4.78 is 6.99. The average Bonchev–Trinajstić information content (AvgIpc) is 3.28. The lowest BCUT2D eigenvalue weighted by Gasteiger charge is -2.30. The van der Waals surface area contributed by atoms with Crippen LogP contribution in [0.1, 0.15) is 47.6 Å². The number of ether oxygens (including phenoxy) is 1. The molecule has 1 atom stereocenters. The van der Waals surface area contributed by atoms with Gasteiger partial charge in [0.1, 0.15) is 13.2 Å². The fraction of sp³-hybridized carbons (Fsp3) is 0.267. The van der Waals surface area contributed by atoms with Gasteiger partial charge in [-0.05, 0) is 41.8 Å². The minimum absolute atomic E-state index is 0.00323. The normalized spacial score (nSPS) is 17.6. The van der Waals surface area contributed by atoms with Crippen LogP contribution in [-0.4, -0.2) is 38.4 Å². The van der Waals surface area contributed by atoms with E-state index in [2.05, 4.69) is 5.16 Å². The molecule has 0 saturated heterocycles. The molecule has 208 valence electrons. The zero-order valence-electron chi connectivity index (χ0n) is 22.2. The van der Waals surface area contributed by atoms with E-state index in [4.69, 9.17) is 14.6 Å². The molecule has 0 aliphatic carbocycles. The fourth-order valence-corrected chi connectivity index (χ4v) is 5.67. The first-order chi connectivity index (χ1) is 19.8. The summed E-state index contributed by atoms with van der Waals surface area (Å²) in [6, 6.07) is 15.5. The van der Waals surface area contributed by atoms with Crippen molar-refractivity contribution in [3.8, 4) is 11.4 Å². The van der Waals surface area contributed by atoms with Crippen LogP contribution in [0, 0.1) is 10.1 Å². The Morgan fingerprint density at radius 1 is 1.20 bits per heavy atom. The molecule has 4 aromatic rings. The second-order valence-electron chi connectivity index (χ2n) is 10.2. The van der Waals surface area contributed by atoms with Crippen LogP contribution in [0.5, 0.6) is 0 Å². The molecule has 0 radical (unpaired) electrons. The van der Waals surface area contributed by atoms with Crippen molar-refractivity contribution < 1.29 is 24.4 Å². The van der Waals surface area contributed by atoms with E-state index in [0.717, 1.165) is 22.1 Å². The van der Waals surface area contributed by atoms with Gasteiger partial charge in [-0.25, -0.2) is 4.98 Å². The van der Waals surface area contributed by atoms with Gasteiger partial charge >= 0.3 is 5.97 Å². The Labute approximate surface area is 233 Å². The van der Waals surface area contributed by atoms with Crippen LogP contribution in [0.15, 0.2) is 64.5 Å². The Hall–Kier alpha value is -4.90. The minimum Gasteiger partial charge on any atom is -0.461 e. The number of nitro groups is 1. The predicted octanol–water partition coefficient (Wildman–Crippen LogP) is 3.97. The Morgan fingerprint density at radius 3 is 2.71 bits per heavy atom. The van der Waals surface area contributed by atoms with Crippen molar-refractivity contribution in [2.75, 3.05) is 6.61 Å². The highest BCUT2D eigenvalue weighted by molar-refractivity contribution is 6.02. The summed E-state index contributed by atoms with van der Waals surface area (Å²) in [4.78, 5) is 47.1. The maximum atomic E-state index is 13.8. The van der Waals surface area contributed by atoms with Gasteiger partial charge in [-0.1, -0.05) is 30.3 Å². The molecule has 11 nitrogen and oxygen atoms in total. The second-order valence-corrected chi connectivity index (χ2v) is 10.2. The maximum Gasteiger partial charge on any atom is 0.307 e. The van der Waals surface area contributed by atoms with Crippen LogP contribution in [0.25, 0.3) is 22.3 Å². The number of hydrogen-bond donors (Lipinski definition) is 1. The van der Waals surface area contributed by atoms with Crippen molar-refractivity contribution in [2.45, 2.75) is 44.9 Å². The first-order valence-corrected chi connectivity index (χ1v) is 13.2. The fourth-order valence-electron chi connectivity index (χ4n) is 5.67. The largest absolute Gasteiger partial charge is 0.461 e. The van der Waals surface area contributed by atoms with Gasteiger partial charge in [0.2, 0.25) is 0 Å². The van der Waals surface area contributed by atoms with Crippen molar-refractivity contribution in [3.05, 3.63) is 103 Å². The second kappa shape index (κ2) is 10.3. The Balaban J connectivity index is 1.41. The van der Waals surface area contributed by atoms with E-state index in [9.17, 15) is 24.8 Å². The first kappa shape index (κ1) is 26.3. The number of esters is 1. The number of para-hydroxylation sites is 1. The molecule has 2 aromatic heterocycles. The molecular weight excluding hydrogens is 528 g/mol. The summed E-state index contributed by atoms with van der Waals surface area (Å²) in [6.45, 7) is 1.80. The van der Waals surface area contributed by atoms with E-state index < -0.39 is 16.3 Å². The van der Waals surface area contributed by atoms with Gasteiger partial charge in [-0.3, -0.25) is 19.7 Å². The number of carbonyl (C=O) groups is 1. The molecule has 0 fully saturated rings. The molecule has 1 N–H and O–H groups in total. The molecule has 1 unspecified atom stereocenters. The topological polar surface area (TPSA) is 146 Å². The van der Waals surface area contributed by atoms with Crippen molar-refractivity contribution in [1.29, 1.82) is 0 Å². The van der Waals surface area contributed by atoms with Crippen LogP contribution < -0.4 is 5.56 Å². The minimum atomic E-state index is -0.923. The number of fused-ring (bicyclic) bond motifs is 5. The number of nitrogens with zero attached hydrogens (tertiary/aromatic N) is 4. The van der Waals surface area contributed by atoms with Crippen molar-refractivity contribution in [3.63, 3.8) is 0 Å². The lowest BCUT2D eigenvalue weighted by atomic mass is 9.74. The number of aliphatic hydroxyl groups excluding tert-OH is 1. The van der Waals surface area contributed by atoms with Crippen molar-refractivity contribution >= 4 is 28.8 Å². The zero-order chi connectivity index (χ0) is 28.7. The van der Waals surface area contributed by atoms with Gasteiger partial charge < -0.3 is 19.2 Å². The van der Waals surface area contributed by atoms with Gasteiger partial charge in [-0.2, -0.15) is 0 Å². The number of rotatable bonds is 7. The highest BCUT2D eigenvalue weighted by Crippen LogP contribution is 2.41. The summed E-state index contributed by atoms with van der Waals surface area (Å²) in [5, 5.41) is 26.3. The number of non-ortho nitro benzene ring substituents is 1. The Kier molecular flexibility index (Phi) is 6.58. The summed E-state index contributed by atoms with van der Waals surface area (Å²) >= 11 is 0. The van der Waals surface area contributed by atoms with E-state index in [0.29, 0.717) is 34.5 Å². The standard InChI is InChI=1S/C30H26N4O7/c1-2-30(17-35)12-27(36)40-16-23-24(30)11-26-28-22(14-33(26)29(23)37)21(20-5-3-4-6-25(20)32-28)13-31-41-15-18-7-9-19(10-8-18)34(38)39/h3-11,13,35H,2,12,14-17H2,1H3/b31-13+. The summed E-state index contributed by atoms with van der Waals surface area (Å²) in [5.74, 6) is -0.446. The monoisotopic (exact) mass is 554 g/mol. The quantitative estimate of drug-likeness (QED) is 0.138. The van der Waals surface area contributed by atoms with Crippen LogP contribution in [0.2, 0.25) is 0 Å². The summed E-state index contributed by atoms with van der Waals surface area (Å²) in [5.41, 5.74) is 4.00. The van der Waals surface area contributed by atoms with Gasteiger partial charge in [0.15, 0.2) is 0 Å². The van der Waals surface area contributed by atoms with Crippen molar-refractivity contribution in [1.82, 2.24) is 9.55 Å². The third-order valence-electron chi connectivity index (χ3n) is 8.04. The Bertz CT molecular complexity index is 1790. The van der Waals surface area contributed by atoms with Crippen LogP contribution >= 0.6 is 0 Å². The molecule has 41 heavy (non-hydrogen) atoms. The van der Waals surface area contributed by atoms with Gasteiger partial charge in [0, 0.05) is 34.1 Å². The number of aliphatic hydroxyl groups is 1. The third-order valence-corrected chi connectivity index (χ3v) is 8.04. The van der Waals surface area contributed by atoms with Crippen LogP contribution in [0.3, 0.4) is 0 Å². The number of aromatic nitrogens is 2. The molecule has 0 saturated carbocycles. The van der Waals surface area contributed by atoms with Gasteiger partial charge in [0.05, 0.1) is 53.2 Å². The molecule has 2 aliphatic heterocycles. The number of hydrogen-bond acceptors (Lipinski definition) is 9. The Morgan fingerprint density at radius 2 is 1.98 bits per heavy atom. The molecule has 0 amide bonds. The summed E-state index contributed by atoms with van der Waals surface area (Å²) in [6.07, 6.45) is 2.04. The lowest BCUT2D eigenvalue weighted by Crippen LogP contribution is -2.35. The highest BCUT2D eigenvalue weighted by Gasteiger charge is 2.40. The number of oxime groups is 1. The van der Waals surface area contributed by atoms with Crippen LogP contribution in [-0.2, 0) is 39.5 Å². The smallest absolute Gasteiger partial charge is 0.307 e. The third kappa shape index (κ3) is 4.44. The molecule has 4 heterocycles. The molecule has 2 aliphatic rings.